The van der Waals surface area contributed by atoms with Crippen LogP contribution in [0.5, 0.6) is 11.5 Å². The predicted molar refractivity (Wildman–Crippen MR) is 139 cm³/mol. The Morgan fingerprint density at radius 3 is 2.63 bits per heavy atom. The minimum absolute atomic E-state index is 0.192. The number of likely N-dealkylation sites (tertiary alicyclic amines) is 1. The zero-order chi connectivity index (χ0) is 24.9. The summed E-state index contributed by atoms with van der Waals surface area (Å²) in [6.07, 6.45) is 3.55. The average Bonchev–Trinajstić information content (AvgIpc) is 3.44. The van der Waals surface area contributed by atoms with Gasteiger partial charge in [0.2, 0.25) is 5.91 Å². The van der Waals surface area contributed by atoms with Crippen LogP contribution in [0.4, 0.5) is 4.79 Å². The molecule has 0 atom stereocenters. The fourth-order valence-electron chi connectivity index (χ4n) is 4.02. The molecule has 2 aromatic rings. The number of rotatable bonds is 8. The lowest BCUT2D eigenvalue weighted by molar-refractivity contribution is -0.135. The van der Waals surface area contributed by atoms with Crippen LogP contribution in [-0.4, -0.2) is 53.1 Å². The molecule has 0 radical (unpaired) electrons. The molecule has 0 aliphatic carbocycles. The van der Waals surface area contributed by atoms with Gasteiger partial charge in [0.25, 0.3) is 11.1 Å². The molecule has 0 spiro atoms. The minimum atomic E-state index is -0.457. The second-order valence-corrected chi connectivity index (χ2v) is 10.2. The first kappa shape index (κ1) is 25.3. The molecule has 2 heterocycles. The van der Waals surface area contributed by atoms with Crippen LogP contribution in [0, 0.1) is 6.92 Å². The van der Waals surface area contributed by atoms with Gasteiger partial charge in [-0.1, -0.05) is 29.8 Å². The quantitative estimate of drug-likeness (QED) is 0.404. The van der Waals surface area contributed by atoms with Crippen molar-refractivity contribution in [1.29, 1.82) is 0 Å². The van der Waals surface area contributed by atoms with Gasteiger partial charge in [0.1, 0.15) is 13.2 Å². The number of hydrogen-bond acceptors (Lipinski definition) is 6. The number of imide groups is 1. The number of aryl methyl sites for hydroxylation is 1. The van der Waals surface area contributed by atoms with Crippen molar-refractivity contribution in [2.75, 3.05) is 26.2 Å². The highest BCUT2D eigenvalue weighted by molar-refractivity contribution is 9.10. The van der Waals surface area contributed by atoms with Crippen LogP contribution in [-0.2, 0) is 16.2 Å². The fourth-order valence-corrected chi connectivity index (χ4v) is 5.43. The highest BCUT2D eigenvalue weighted by Gasteiger charge is 2.37. The molecule has 184 valence electrons. The van der Waals surface area contributed by atoms with Crippen molar-refractivity contribution in [3.8, 4) is 11.5 Å². The lowest BCUT2D eigenvalue weighted by atomic mass is 10.1. The number of ether oxygens (including phenoxy) is 2. The highest BCUT2D eigenvalue weighted by atomic mass is 79.9. The predicted octanol–water partition coefficient (Wildman–Crippen LogP) is 5.39. The summed E-state index contributed by atoms with van der Waals surface area (Å²) in [6.45, 7) is 5.86. The van der Waals surface area contributed by atoms with E-state index in [0.717, 1.165) is 40.6 Å². The van der Waals surface area contributed by atoms with Gasteiger partial charge in [0.15, 0.2) is 11.5 Å². The van der Waals surface area contributed by atoms with E-state index >= 15 is 0 Å². The first-order valence-electron chi connectivity index (χ1n) is 11.5. The third-order valence-electron chi connectivity index (χ3n) is 5.72. The van der Waals surface area contributed by atoms with E-state index in [0.29, 0.717) is 47.8 Å². The van der Waals surface area contributed by atoms with E-state index in [-0.39, 0.29) is 17.4 Å². The molecule has 2 aromatic carbocycles. The Balaban J connectivity index is 1.52. The smallest absolute Gasteiger partial charge is 0.294 e. The van der Waals surface area contributed by atoms with Crippen LogP contribution < -0.4 is 9.47 Å². The van der Waals surface area contributed by atoms with E-state index in [1.54, 1.807) is 17.0 Å². The summed E-state index contributed by atoms with van der Waals surface area (Å²) in [4.78, 5) is 40.8. The summed E-state index contributed by atoms with van der Waals surface area (Å²) in [5.74, 6) is 0.447. The van der Waals surface area contributed by atoms with Gasteiger partial charge >= 0.3 is 0 Å². The van der Waals surface area contributed by atoms with Crippen LogP contribution in [0.15, 0.2) is 45.8 Å². The van der Waals surface area contributed by atoms with Crippen molar-refractivity contribution in [1.82, 2.24) is 9.80 Å². The Bertz CT molecular complexity index is 1180. The molecular weight excluding hydrogens is 532 g/mol. The van der Waals surface area contributed by atoms with Crippen LogP contribution in [0.3, 0.4) is 0 Å². The van der Waals surface area contributed by atoms with E-state index in [4.69, 9.17) is 9.47 Å². The SMILES string of the molecule is CCOc1cc(/C=C2\SC(=O)N(CC(=O)N3CCCC3)C2=O)cc(Br)c1OCc1cccc(C)c1. The Morgan fingerprint density at radius 2 is 1.91 bits per heavy atom. The van der Waals surface area contributed by atoms with Gasteiger partial charge in [0, 0.05) is 13.1 Å². The summed E-state index contributed by atoms with van der Waals surface area (Å²) in [7, 11) is 0. The number of hydrogen-bond donors (Lipinski definition) is 0. The number of halogens is 1. The Hall–Kier alpha value is -2.78. The largest absolute Gasteiger partial charge is 0.490 e. The number of carbonyl (C=O) groups excluding carboxylic acids is 3. The summed E-state index contributed by atoms with van der Waals surface area (Å²) in [5.41, 5.74) is 2.88. The Labute approximate surface area is 217 Å². The number of carbonyl (C=O) groups is 3. The van der Waals surface area contributed by atoms with Crippen molar-refractivity contribution in [2.24, 2.45) is 0 Å². The van der Waals surface area contributed by atoms with Crippen LogP contribution in [0.25, 0.3) is 6.08 Å². The summed E-state index contributed by atoms with van der Waals surface area (Å²) in [6, 6.07) is 11.7. The number of thioether (sulfide) groups is 1. The van der Waals surface area contributed by atoms with Gasteiger partial charge in [-0.2, -0.15) is 0 Å². The second kappa shape index (κ2) is 11.3. The molecular formula is C26H27BrN2O5S. The normalized spacial score (nSPS) is 16.9. The monoisotopic (exact) mass is 558 g/mol. The second-order valence-electron chi connectivity index (χ2n) is 8.40. The van der Waals surface area contributed by atoms with E-state index in [1.807, 2.05) is 38.1 Å². The zero-order valence-corrected chi connectivity index (χ0v) is 22.1. The van der Waals surface area contributed by atoms with Crippen molar-refractivity contribution in [3.05, 3.63) is 62.5 Å². The van der Waals surface area contributed by atoms with E-state index in [9.17, 15) is 14.4 Å². The number of amides is 3. The Morgan fingerprint density at radius 1 is 1.14 bits per heavy atom. The lowest BCUT2D eigenvalue weighted by Gasteiger charge is -2.18. The van der Waals surface area contributed by atoms with Gasteiger partial charge in [-0.15, -0.1) is 0 Å². The van der Waals surface area contributed by atoms with Crippen molar-refractivity contribution in [2.45, 2.75) is 33.3 Å². The third-order valence-corrected chi connectivity index (χ3v) is 7.22. The molecule has 35 heavy (non-hydrogen) atoms. The molecule has 7 nitrogen and oxygen atoms in total. The molecule has 2 fully saturated rings. The van der Waals surface area contributed by atoms with Gasteiger partial charge in [-0.05, 0) is 83.7 Å². The topological polar surface area (TPSA) is 76.2 Å². The van der Waals surface area contributed by atoms with Gasteiger partial charge in [0.05, 0.1) is 16.0 Å². The maximum atomic E-state index is 12.9. The van der Waals surface area contributed by atoms with Gasteiger partial charge < -0.3 is 14.4 Å². The van der Waals surface area contributed by atoms with Gasteiger partial charge in [-0.3, -0.25) is 19.3 Å². The molecule has 0 N–H and O–H groups in total. The summed E-state index contributed by atoms with van der Waals surface area (Å²) < 4.78 is 12.5. The summed E-state index contributed by atoms with van der Waals surface area (Å²) in [5, 5.41) is -0.434. The van der Waals surface area contributed by atoms with Crippen molar-refractivity contribution in [3.63, 3.8) is 0 Å². The molecule has 2 aliphatic rings. The molecule has 4 rings (SSSR count). The van der Waals surface area contributed by atoms with E-state index in [1.165, 1.54) is 0 Å². The van der Waals surface area contributed by atoms with Crippen molar-refractivity contribution < 1.29 is 23.9 Å². The summed E-state index contributed by atoms with van der Waals surface area (Å²) >= 11 is 4.40. The number of nitrogens with zero attached hydrogens (tertiary/aromatic N) is 2. The molecule has 9 heteroatoms. The van der Waals surface area contributed by atoms with E-state index < -0.39 is 11.1 Å². The molecule has 3 amide bonds. The minimum Gasteiger partial charge on any atom is -0.490 e. The molecule has 0 saturated carbocycles. The maximum absolute atomic E-state index is 12.9. The maximum Gasteiger partial charge on any atom is 0.294 e. The van der Waals surface area contributed by atoms with Crippen LogP contribution >= 0.6 is 27.7 Å². The molecule has 0 unspecified atom stereocenters. The van der Waals surface area contributed by atoms with E-state index in [2.05, 4.69) is 22.0 Å². The van der Waals surface area contributed by atoms with Crippen molar-refractivity contribution >= 4 is 50.8 Å². The third kappa shape index (κ3) is 6.08. The Kier molecular flexibility index (Phi) is 8.18. The molecule has 2 aliphatic heterocycles. The molecule has 2 saturated heterocycles. The van der Waals surface area contributed by atoms with Gasteiger partial charge in [-0.25, -0.2) is 0 Å². The first-order valence-corrected chi connectivity index (χ1v) is 13.1. The first-order chi connectivity index (χ1) is 16.9. The molecule has 0 aromatic heterocycles. The zero-order valence-electron chi connectivity index (χ0n) is 19.7. The van der Waals surface area contributed by atoms with Crippen LogP contribution in [0.1, 0.15) is 36.5 Å². The number of benzene rings is 2. The molecule has 0 bridgehead atoms. The van der Waals surface area contributed by atoms with Crippen LogP contribution in [0.2, 0.25) is 0 Å². The fraction of sp³-hybridized carbons (Fsp3) is 0.346. The lowest BCUT2D eigenvalue weighted by Crippen LogP contribution is -2.40. The average molecular weight is 559 g/mol. The highest BCUT2D eigenvalue weighted by Crippen LogP contribution is 2.39. The standard InChI is InChI=1S/C26H27BrN2O5S/c1-3-33-21-13-19(12-20(27)24(21)34-16-18-8-6-7-17(2)11-18)14-22-25(31)29(26(32)35-22)15-23(30)28-9-4-5-10-28/h6-8,11-14H,3-5,9-10,15-16H2,1-2H3/b22-14-.